The molecule has 0 aromatic heterocycles. The average Bonchev–Trinajstić information content (AvgIpc) is 2.64. The number of hydrogen-bond acceptors (Lipinski definition) is 2. The van der Waals surface area contributed by atoms with Gasteiger partial charge < -0.3 is 10.6 Å². The summed E-state index contributed by atoms with van der Waals surface area (Å²) < 4.78 is 0. The van der Waals surface area contributed by atoms with Crippen LogP contribution in [0.4, 0.5) is 5.69 Å². The van der Waals surface area contributed by atoms with Crippen molar-refractivity contribution in [1.29, 1.82) is 0 Å². The Morgan fingerprint density at radius 3 is 2.14 bits per heavy atom. The van der Waals surface area contributed by atoms with Crippen molar-refractivity contribution in [3.05, 3.63) is 29.8 Å². The van der Waals surface area contributed by atoms with Gasteiger partial charge in [0, 0.05) is 11.1 Å². The first kappa shape index (κ1) is 19.5. The molecular weight excluding hydrogens is 348 g/mol. The van der Waals surface area contributed by atoms with Crippen molar-refractivity contribution < 1.29 is 9.59 Å². The summed E-state index contributed by atoms with van der Waals surface area (Å²) in [6.45, 7) is 6.10. The summed E-state index contributed by atoms with van der Waals surface area (Å²) in [6, 6.07) is 7.41. The van der Waals surface area contributed by atoms with E-state index in [-0.39, 0.29) is 23.1 Å². The van der Waals surface area contributed by atoms with Gasteiger partial charge in [0.05, 0.1) is 0 Å². The molecule has 0 saturated heterocycles. The summed E-state index contributed by atoms with van der Waals surface area (Å²) in [6.07, 6.45) is 7.88. The van der Waals surface area contributed by atoms with Gasteiger partial charge in [-0.2, -0.15) is 0 Å². The third-order valence-corrected chi connectivity index (χ3v) is 7.41. The van der Waals surface area contributed by atoms with Crippen LogP contribution < -0.4 is 10.6 Å². The molecule has 0 spiro atoms. The second kappa shape index (κ2) is 7.53. The summed E-state index contributed by atoms with van der Waals surface area (Å²) in [7, 11) is 0. The van der Waals surface area contributed by atoms with Crippen LogP contribution >= 0.6 is 0 Å². The normalized spacial score (nSPS) is 31.6. The monoisotopic (exact) mass is 382 g/mol. The maximum Gasteiger partial charge on any atom is 0.247 e. The molecule has 0 radical (unpaired) electrons. The van der Waals surface area contributed by atoms with E-state index in [9.17, 15) is 9.59 Å². The third kappa shape index (κ3) is 3.58. The highest BCUT2D eigenvalue weighted by atomic mass is 16.2. The first-order valence-corrected chi connectivity index (χ1v) is 11.1. The van der Waals surface area contributed by atoms with E-state index in [1.807, 2.05) is 38.1 Å². The van der Waals surface area contributed by atoms with Crippen LogP contribution in [-0.4, -0.2) is 17.9 Å². The summed E-state index contributed by atoms with van der Waals surface area (Å²) >= 11 is 0. The molecule has 1 aromatic rings. The van der Waals surface area contributed by atoms with Crippen molar-refractivity contribution in [2.24, 2.45) is 29.1 Å². The van der Waals surface area contributed by atoms with Crippen LogP contribution in [0.25, 0.3) is 0 Å². The van der Waals surface area contributed by atoms with E-state index in [0.29, 0.717) is 0 Å². The molecule has 1 atom stereocenters. The van der Waals surface area contributed by atoms with Crippen molar-refractivity contribution >= 4 is 17.5 Å². The van der Waals surface area contributed by atoms with Gasteiger partial charge in [-0.25, -0.2) is 0 Å². The van der Waals surface area contributed by atoms with E-state index >= 15 is 0 Å². The summed E-state index contributed by atoms with van der Waals surface area (Å²) in [5, 5.41) is 6.25. The zero-order chi connectivity index (χ0) is 19.9. The lowest BCUT2D eigenvalue weighted by Gasteiger charge is -2.55. The van der Waals surface area contributed by atoms with E-state index in [0.717, 1.165) is 54.7 Å². The Hall–Kier alpha value is -1.84. The Balaban J connectivity index is 1.48. The van der Waals surface area contributed by atoms with Crippen LogP contribution in [0.1, 0.15) is 64.9 Å². The lowest BCUT2D eigenvalue weighted by molar-refractivity contribution is -0.148. The van der Waals surface area contributed by atoms with Crippen LogP contribution in [0.15, 0.2) is 24.3 Å². The van der Waals surface area contributed by atoms with Gasteiger partial charge in [0.15, 0.2) is 0 Å². The summed E-state index contributed by atoms with van der Waals surface area (Å²) in [5.74, 6) is 2.24. The summed E-state index contributed by atoms with van der Waals surface area (Å²) in [5.41, 5.74) is 1.75. The van der Waals surface area contributed by atoms with Crippen LogP contribution in [0.3, 0.4) is 0 Å². The number of aryl methyl sites for hydroxylation is 1. The molecule has 2 N–H and O–H groups in total. The minimum absolute atomic E-state index is 0.0478. The Morgan fingerprint density at radius 1 is 1.04 bits per heavy atom. The van der Waals surface area contributed by atoms with E-state index in [2.05, 4.69) is 17.6 Å². The molecule has 4 aliphatic rings. The van der Waals surface area contributed by atoms with Crippen molar-refractivity contribution in [3.8, 4) is 0 Å². The second-order valence-corrected chi connectivity index (χ2v) is 9.89. The molecule has 2 amide bonds. The van der Waals surface area contributed by atoms with Crippen LogP contribution in [0, 0.1) is 29.1 Å². The average molecular weight is 383 g/mol. The predicted molar refractivity (Wildman–Crippen MR) is 112 cm³/mol. The predicted octanol–water partition coefficient (Wildman–Crippen LogP) is 4.54. The highest BCUT2D eigenvalue weighted by Crippen LogP contribution is 2.60. The minimum Gasteiger partial charge on any atom is -0.344 e. The number of rotatable bonds is 6. The maximum atomic E-state index is 13.4. The molecule has 4 bridgehead atoms. The minimum atomic E-state index is -0.495. The smallest absolute Gasteiger partial charge is 0.247 e. The second-order valence-electron chi connectivity index (χ2n) is 9.89. The number of benzene rings is 1. The number of hydrogen-bond donors (Lipinski definition) is 2. The zero-order valence-electron chi connectivity index (χ0n) is 17.5. The molecule has 4 saturated carbocycles. The van der Waals surface area contributed by atoms with Gasteiger partial charge in [-0.3, -0.25) is 9.59 Å². The number of amides is 2. The van der Waals surface area contributed by atoms with Crippen LogP contribution in [0.2, 0.25) is 0 Å². The van der Waals surface area contributed by atoms with Crippen molar-refractivity contribution in [2.45, 2.75) is 71.8 Å². The Bertz CT molecular complexity index is 719. The van der Waals surface area contributed by atoms with Gasteiger partial charge in [-0.05, 0) is 80.2 Å². The maximum absolute atomic E-state index is 13.4. The quantitative estimate of drug-likeness (QED) is 0.758. The zero-order valence-corrected chi connectivity index (χ0v) is 17.5. The molecule has 0 aliphatic heterocycles. The van der Waals surface area contributed by atoms with E-state index < -0.39 is 6.04 Å². The molecule has 4 fully saturated rings. The lowest BCUT2D eigenvalue weighted by Crippen LogP contribution is -2.57. The standard InChI is InChI=1S/C24H34N2O2/c1-4-19-7-5-6-8-20(19)25-22(27)21(15(2)3)26-23(28)24-12-16-9-17(13-24)11-18(10-16)14-24/h5-8,15-18,21H,4,9-14H2,1-3H3,(H,25,27)(H,26,28)/t16?,17?,18?,21-,24?/m1/s1. The first-order valence-electron chi connectivity index (χ1n) is 11.1. The Labute approximate surface area is 168 Å². The molecule has 4 nitrogen and oxygen atoms in total. The lowest BCUT2D eigenvalue weighted by atomic mass is 9.49. The van der Waals surface area contributed by atoms with Crippen LogP contribution in [-0.2, 0) is 16.0 Å². The molecule has 152 valence electrons. The molecule has 5 rings (SSSR count). The summed E-state index contributed by atoms with van der Waals surface area (Å²) in [4.78, 5) is 26.5. The number of nitrogens with one attached hydrogen (secondary N) is 2. The van der Waals surface area contributed by atoms with Crippen molar-refractivity contribution in [2.75, 3.05) is 5.32 Å². The molecule has 0 unspecified atom stereocenters. The third-order valence-electron chi connectivity index (χ3n) is 7.41. The van der Waals surface area contributed by atoms with Gasteiger partial charge in [-0.15, -0.1) is 0 Å². The number of carbonyl (C=O) groups is 2. The van der Waals surface area contributed by atoms with Crippen molar-refractivity contribution in [3.63, 3.8) is 0 Å². The Kier molecular flexibility index (Phi) is 5.24. The molecule has 4 aliphatic carbocycles. The molecule has 1 aromatic carbocycles. The van der Waals surface area contributed by atoms with Gasteiger partial charge in [0.25, 0.3) is 0 Å². The molecule has 28 heavy (non-hydrogen) atoms. The molecule has 0 heterocycles. The highest BCUT2D eigenvalue weighted by molar-refractivity contribution is 5.98. The Morgan fingerprint density at radius 2 is 1.61 bits per heavy atom. The fraction of sp³-hybridized carbons (Fsp3) is 0.667. The van der Waals surface area contributed by atoms with E-state index in [4.69, 9.17) is 0 Å². The number of anilines is 1. The van der Waals surface area contributed by atoms with Gasteiger partial charge in [0.2, 0.25) is 11.8 Å². The largest absolute Gasteiger partial charge is 0.344 e. The number of carbonyl (C=O) groups excluding carboxylic acids is 2. The SMILES string of the molecule is CCc1ccccc1NC(=O)[C@H](NC(=O)C12CC3CC(CC(C3)C1)C2)C(C)C. The van der Waals surface area contributed by atoms with Gasteiger partial charge in [0.1, 0.15) is 6.04 Å². The van der Waals surface area contributed by atoms with E-state index in [1.54, 1.807) is 0 Å². The fourth-order valence-corrected chi connectivity index (χ4v) is 6.38. The van der Waals surface area contributed by atoms with Gasteiger partial charge in [-0.1, -0.05) is 39.0 Å². The molecule has 4 heteroatoms. The highest BCUT2D eigenvalue weighted by Gasteiger charge is 2.55. The topological polar surface area (TPSA) is 58.2 Å². The first-order chi connectivity index (χ1) is 13.4. The van der Waals surface area contributed by atoms with Crippen molar-refractivity contribution in [1.82, 2.24) is 5.32 Å². The fourth-order valence-electron chi connectivity index (χ4n) is 6.38. The molecular formula is C24H34N2O2. The van der Waals surface area contributed by atoms with Crippen LogP contribution in [0.5, 0.6) is 0 Å². The van der Waals surface area contributed by atoms with E-state index in [1.165, 1.54) is 19.3 Å². The van der Waals surface area contributed by atoms with Gasteiger partial charge >= 0.3 is 0 Å². The number of para-hydroxylation sites is 1.